The number of aromatic nitrogens is 2. The van der Waals surface area contributed by atoms with E-state index in [0.717, 1.165) is 5.56 Å². The number of fused-ring (bicyclic) bond motifs is 3. The minimum atomic E-state index is -0.547. The molecule has 1 aromatic heterocycles. The van der Waals surface area contributed by atoms with E-state index < -0.39 is 6.04 Å². The van der Waals surface area contributed by atoms with Crippen molar-refractivity contribution >= 4 is 29.4 Å². The van der Waals surface area contributed by atoms with Crippen molar-refractivity contribution in [2.75, 3.05) is 5.32 Å². The molecule has 3 heterocycles. The van der Waals surface area contributed by atoms with Crippen LogP contribution in [0.1, 0.15) is 35.1 Å². The van der Waals surface area contributed by atoms with Crippen LogP contribution in [0.3, 0.4) is 0 Å². The van der Waals surface area contributed by atoms with Crippen LogP contribution < -0.4 is 5.32 Å². The monoisotopic (exact) mass is 342 g/mol. The first-order valence-electron chi connectivity index (χ1n) is 7.78. The molecule has 1 saturated heterocycles. The molecule has 6 nitrogen and oxygen atoms in total. The normalized spacial score (nSPS) is 24.0. The summed E-state index contributed by atoms with van der Waals surface area (Å²) in [5.74, 6) is 0.223. The van der Waals surface area contributed by atoms with Gasteiger partial charge in [-0.3, -0.25) is 14.3 Å². The third kappa shape index (κ3) is 2.15. The Morgan fingerprint density at radius 3 is 2.75 bits per heavy atom. The smallest absolute Gasteiger partial charge is 0.256 e. The summed E-state index contributed by atoms with van der Waals surface area (Å²) in [4.78, 5) is 27.5. The van der Waals surface area contributed by atoms with Crippen LogP contribution in [-0.4, -0.2) is 37.3 Å². The molecular formula is C17H18N4O2S. The molecule has 2 aliphatic rings. The first-order valence-corrected chi connectivity index (χ1v) is 8.66. The van der Waals surface area contributed by atoms with E-state index >= 15 is 0 Å². The largest absolute Gasteiger partial charge is 0.309 e. The lowest BCUT2D eigenvalue weighted by Gasteiger charge is -2.29. The van der Waals surface area contributed by atoms with E-state index in [1.54, 1.807) is 40.7 Å². The van der Waals surface area contributed by atoms with Gasteiger partial charge in [0.2, 0.25) is 5.91 Å². The van der Waals surface area contributed by atoms with Gasteiger partial charge in [0, 0.05) is 29.6 Å². The molecule has 7 heteroatoms. The van der Waals surface area contributed by atoms with E-state index in [9.17, 15) is 9.59 Å². The van der Waals surface area contributed by atoms with E-state index in [4.69, 9.17) is 0 Å². The van der Waals surface area contributed by atoms with Gasteiger partial charge in [0.05, 0.1) is 0 Å². The van der Waals surface area contributed by atoms with Gasteiger partial charge >= 0.3 is 0 Å². The molecule has 0 saturated carbocycles. The maximum atomic E-state index is 12.9. The number of aryl methyl sites for hydroxylation is 1. The highest BCUT2D eigenvalue weighted by molar-refractivity contribution is 8.01. The van der Waals surface area contributed by atoms with Crippen LogP contribution >= 0.6 is 11.8 Å². The van der Waals surface area contributed by atoms with Gasteiger partial charge in [-0.05, 0) is 25.5 Å². The maximum absolute atomic E-state index is 12.9. The van der Waals surface area contributed by atoms with Gasteiger partial charge in [-0.25, -0.2) is 0 Å². The lowest BCUT2D eigenvalue weighted by molar-refractivity contribution is -0.121. The Kier molecular flexibility index (Phi) is 3.25. The number of carbonyl (C=O) groups is 2. The molecule has 2 amide bonds. The van der Waals surface area contributed by atoms with E-state index in [1.807, 2.05) is 38.1 Å². The van der Waals surface area contributed by atoms with Gasteiger partial charge < -0.3 is 10.2 Å². The summed E-state index contributed by atoms with van der Waals surface area (Å²) >= 11 is 1.66. The number of nitrogens with zero attached hydrogens (tertiary/aromatic N) is 3. The molecule has 2 aromatic rings. The van der Waals surface area contributed by atoms with Gasteiger partial charge in [0.1, 0.15) is 11.4 Å². The van der Waals surface area contributed by atoms with E-state index in [-0.39, 0.29) is 21.9 Å². The highest BCUT2D eigenvalue weighted by Crippen LogP contribution is 2.56. The zero-order valence-electron chi connectivity index (χ0n) is 13.7. The molecule has 0 unspecified atom stereocenters. The summed E-state index contributed by atoms with van der Waals surface area (Å²) in [5.41, 5.74) is 1.69. The van der Waals surface area contributed by atoms with Crippen LogP contribution in [0.4, 0.5) is 5.82 Å². The Bertz CT molecular complexity index is 845. The lowest BCUT2D eigenvalue weighted by Crippen LogP contribution is -2.50. The number of hydrogen-bond acceptors (Lipinski definition) is 4. The number of thioether (sulfide) groups is 1. The minimum Gasteiger partial charge on any atom is -0.309 e. The van der Waals surface area contributed by atoms with Crippen molar-refractivity contribution in [1.29, 1.82) is 0 Å². The second-order valence-electron chi connectivity index (χ2n) is 6.64. The summed E-state index contributed by atoms with van der Waals surface area (Å²) < 4.78 is 1.25. The Labute approximate surface area is 144 Å². The molecule has 24 heavy (non-hydrogen) atoms. The van der Waals surface area contributed by atoms with Crippen LogP contribution in [0.2, 0.25) is 0 Å². The van der Waals surface area contributed by atoms with Gasteiger partial charge in [0.25, 0.3) is 5.91 Å². The lowest BCUT2D eigenvalue weighted by atomic mass is 10.0. The van der Waals surface area contributed by atoms with Crippen LogP contribution in [-0.2, 0) is 11.8 Å². The molecular weight excluding hydrogens is 324 g/mol. The summed E-state index contributed by atoms with van der Waals surface area (Å²) in [6, 6.07) is 8.79. The average Bonchev–Trinajstić information content (AvgIpc) is 3.13. The number of benzene rings is 1. The summed E-state index contributed by atoms with van der Waals surface area (Å²) in [6.07, 6.45) is 1.77. The fourth-order valence-electron chi connectivity index (χ4n) is 3.48. The quantitative estimate of drug-likeness (QED) is 0.910. The summed E-state index contributed by atoms with van der Waals surface area (Å²) in [7, 11) is 1.79. The van der Waals surface area contributed by atoms with E-state index in [0.29, 0.717) is 11.4 Å². The van der Waals surface area contributed by atoms with Crippen LogP contribution in [0.25, 0.3) is 0 Å². The summed E-state index contributed by atoms with van der Waals surface area (Å²) in [6.45, 7) is 4.02. The van der Waals surface area contributed by atoms with Crippen molar-refractivity contribution in [3.63, 3.8) is 0 Å². The molecule has 0 spiro atoms. The van der Waals surface area contributed by atoms with E-state index in [2.05, 4.69) is 10.4 Å². The van der Waals surface area contributed by atoms with Gasteiger partial charge in [-0.1, -0.05) is 18.2 Å². The first kappa shape index (κ1) is 15.3. The van der Waals surface area contributed by atoms with Crippen LogP contribution in [0.5, 0.6) is 0 Å². The zero-order chi connectivity index (χ0) is 17.1. The standard InChI is InChI=1S/C17H18N4O2S/c1-17(2)13(14(22)18-12-8-9-20(3)19-12)21-15(23)10-6-4-5-7-11(10)16(21)24-17/h4-9,13,16H,1-3H3,(H,18,19,22)/t13-,16+/m1/s1. The first-order chi connectivity index (χ1) is 11.4. The van der Waals surface area contributed by atoms with Crippen molar-refractivity contribution in [2.45, 2.75) is 30.0 Å². The average molecular weight is 342 g/mol. The summed E-state index contributed by atoms with van der Waals surface area (Å²) in [5, 5.41) is 6.92. The molecule has 2 aliphatic heterocycles. The van der Waals surface area contributed by atoms with Crippen molar-refractivity contribution in [3.8, 4) is 0 Å². The van der Waals surface area contributed by atoms with Crippen LogP contribution in [0, 0.1) is 0 Å². The minimum absolute atomic E-state index is 0.0742. The zero-order valence-corrected chi connectivity index (χ0v) is 14.5. The maximum Gasteiger partial charge on any atom is 0.256 e. The number of hydrogen-bond donors (Lipinski definition) is 1. The topological polar surface area (TPSA) is 67.2 Å². The fourth-order valence-corrected chi connectivity index (χ4v) is 5.07. The molecule has 1 aromatic carbocycles. The molecule has 0 radical (unpaired) electrons. The fraction of sp³-hybridized carbons (Fsp3) is 0.353. The number of amides is 2. The molecule has 124 valence electrons. The molecule has 2 atom stereocenters. The molecule has 0 aliphatic carbocycles. The van der Waals surface area contributed by atoms with Crippen LogP contribution in [0.15, 0.2) is 36.5 Å². The number of rotatable bonds is 2. The molecule has 1 fully saturated rings. The third-order valence-corrected chi connectivity index (χ3v) is 6.04. The third-order valence-electron chi connectivity index (χ3n) is 4.51. The predicted molar refractivity (Wildman–Crippen MR) is 92.6 cm³/mol. The van der Waals surface area contributed by atoms with Crippen molar-refractivity contribution in [2.24, 2.45) is 7.05 Å². The van der Waals surface area contributed by atoms with E-state index in [1.165, 1.54) is 0 Å². The molecule has 0 bridgehead atoms. The highest BCUT2D eigenvalue weighted by Gasteiger charge is 2.57. The Morgan fingerprint density at radius 1 is 1.29 bits per heavy atom. The predicted octanol–water partition coefficient (Wildman–Crippen LogP) is 2.41. The number of nitrogens with one attached hydrogen (secondary N) is 1. The van der Waals surface area contributed by atoms with Crippen molar-refractivity contribution in [3.05, 3.63) is 47.7 Å². The second kappa shape index (κ2) is 5.11. The van der Waals surface area contributed by atoms with Gasteiger partial charge in [0.15, 0.2) is 5.82 Å². The Morgan fingerprint density at radius 2 is 2.04 bits per heavy atom. The Hall–Kier alpha value is -2.28. The molecule has 4 rings (SSSR count). The second-order valence-corrected chi connectivity index (χ2v) is 8.37. The van der Waals surface area contributed by atoms with Gasteiger partial charge in [-0.15, -0.1) is 11.8 Å². The number of anilines is 1. The number of carbonyl (C=O) groups excluding carboxylic acids is 2. The molecule has 1 N–H and O–H groups in total. The van der Waals surface area contributed by atoms with Crippen molar-refractivity contribution in [1.82, 2.24) is 14.7 Å². The SMILES string of the molecule is Cn1ccc(NC(=O)[C@H]2N3C(=O)c4ccccc4[C@@H]3SC2(C)C)n1. The van der Waals surface area contributed by atoms with Crippen molar-refractivity contribution < 1.29 is 9.59 Å². The van der Waals surface area contributed by atoms with Gasteiger partial charge in [-0.2, -0.15) is 5.10 Å². The highest BCUT2D eigenvalue weighted by atomic mass is 32.2. The Balaban J connectivity index is 1.68.